The molecule has 0 bridgehead atoms. The topological polar surface area (TPSA) is 114 Å². The highest BCUT2D eigenvalue weighted by atomic mass is 16.6. The molecule has 2 N–H and O–H groups in total. The van der Waals surface area contributed by atoms with Crippen molar-refractivity contribution in [3.05, 3.63) is 64.2 Å². The van der Waals surface area contributed by atoms with Crippen molar-refractivity contribution in [2.24, 2.45) is 0 Å². The van der Waals surface area contributed by atoms with Gasteiger partial charge >= 0.3 is 0 Å². The van der Waals surface area contributed by atoms with Gasteiger partial charge in [0.05, 0.1) is 4.92 Å². The van der Waals surface area contributed by atoms with Crippen LogP contribution in [0, 0.1) is 10.1 Å². The number of nitrogens with zero attached hydrogens (tertiary/aromatic N) is 2. The molecule has 0 heterocycles. The molecule has 9 nitrogen and oxygen atoms in total. The average molecular weight is 428 g/mol. The Kier molecular flexibility index (Phi) is 8.95. The van der Waals surface area contributed by atoms with Crippen molar-refractivity contribution < 1.29 is 19.2 Å². The van der Waals surface area contributed by atoms with E-state index in [1.807, 2.05) is 0 Å². The molecule has 2 aromatic rings. The van der Waals surface area contributed by atoms with Crippen LogP contribution in [0.5, 0.6) is 5.75 Å². The largest absolute Gasteiger partial charge is 0.481 e. The molecule has 1 unspecified atom stereocenters. The van der Waals surface area contributed by atoms with Crippen molar-refractivity contribution >= 4 is 23.2 Å². The Labute approximate surface area is 181 Å². The minimum absolute atomic E-state index is 0.0540. The van der Waals surface area contributed by atoms with Crippen LogP contribution in [-0.2, 0) is 4.79 Å². The first-order valence-corrected chi connectivity index (χ1v) is 10.2. The summed E-state index contributed by atoms with van der Waals surface area (Å²) in [5, 5.41) is 16.3. The lowest BCUT2D eigenvalue weighted by atomic mass is 10.2. The molecule has 2 aromatic carbocycles. The first kappa shape index (κ1) is 23.8. The summed E-state index contributed by atoms with van der Waals surface area (Å²) in [7, 11) is 0. The lowest BCUT2D eigenvalue weighted by Gasteiger charge is -2.18. The van der Waals surface area contributed by atoms with Gasteiger partial charge in [0.25, 0.3) is 17.5 Å². The summed E-state index contributed by atoms with van der Waals surface area (Å²) in [5.74, 6) is -0.195. The van der Waals surface area contributed by atoms with Gasteiger partial charge in [-0.15, -0.1) is 0 Å². The number of likely N-dealkylation sites (N-methyl/N-ethyl adjacent to an activating group) is 1. The number of nitrogens with one attached hydrogen (secondary N) is 2. The highest BCUT2D eigenvalue weighted by Crippen LogP contribution is 2.19. The number of nitro benzene ring substituents is 1. The molecule has 166 valence electrons. The molecule has 0 spiro atoms. The fourth-order valence-corrected chi connectivity index (χ4v) is 2.82. The van der Waals surface area contributed by atoms with Crippen molar-refractivity contribution in [3.63, 3.8) is 0 Å². The van der Waals surface area contributed by atoms with Gasteiger partial charge in [-0.05, 0) is 56.4 Å². The number of nitro groups is 1. The molecule has 0 radical (unpaired) electrons. The Hall–Kier alpha value is -3.46. The van der Waals surface area contributed by atoms with Gasteiger partial charge in [-0.1, -0.05) is 13.8 Å². The number of carbonyl (C=O) groups is 2. The van der Waals surface area contributed by atoms with E-state index in [-0.39, 0.29) is 17.5 Å². The Morgan fingerprint density at radius 3 is 2.23 bits per heavy atom. The van der Waals surface area contributed by atoms with E-state index in [9.17, 15) is 19.7 Å². The van der Waals surface area contributed by atoms with Crippen LogP contribution in [0.15, 0.2) is 48.5 Å². The number of ether oxygens (including phenoxy) is 1. The van der Waals surface area contributed by atoms with Gasteiger partial charge in [0.15, 0.2) is 6.10 Å². The zero-order chi connectivity index (χ0) is 22.8. The van der Waals surface area contributed by atoms with Crippen LogP contribution in [0.3, 0.4) is 0 Å². The molecule has 1 atom stereocenters. The highest BCUT2D eigenvalue weighted by Gasteiger charge is 2.16. The minimum atomic E-state index is -0.815. The molecule has 31 heavy (non-hydrogen) atoms. The van der Waals surface area contributed by atoms with Crippen LogP contribution in [0.2, 0.25) is 0 Å². The summed E-state index contributed by atoms with van der Waals surface area (Å²) in [4.78, 5) is 37.0. The van der Waals surface area contributed by atoms with E-state index < -0.39 is 11.0 Å². The van der Waals surface area contributed by atoms with Crippen LogP contribution in [-0.4, -0.2) is 53.9 Å². The second-order valence-electron chi connectivity index (χ2n) is 6.86. The van der Waals surface area contributed by atoms with Crippen molar-refractivity contribution in [1.82, 2.24) is 10.2 Å². The first-order chi connectivity index (χ1) is 14.8. The standard InChI is InChI=1S/C22H28N4O5/c1-4-25(5-2)15-14-23-22(28)17-6-8-18(9-7-17)24-21(27)16(3)31-20-12-10-19(11-13-20)26(29)30/h6-13,16H,4-5,14-15H2,1-3H3,(H,23,28)(H,24,27). The predicted molar refractivity (Wildman–Crippen MR) is 118 cm³/mol. The predicted octanol–water partition coefficient (Wildman–Crippen LogP) is 3.07. The third-order valence-electron chi connectivity index (χ3n) is 4.75. The van der Waals surface area contributed by atoms with E-state index in [2.05, 4.69) is 29.4 Å². The monoisotopic (exact) mass is 428 g/mol. The highest BCUT2D eigenvalue weighted by molar-refractivity contribution is 5.96. The van der Waals surface area contributed by atoms with E-state index >= 15 is 0 Å². The molecule has 0 fully saturated rings. The van der Waals surface area contributed by atoms with Crippen molar-refractivity contribution in [2.75, 3.05) is 31.5 Å². The van der Waals surface area contributed by atoms with Gasteiger partial charge in [-0.3, -0.25) is 19.7 Å². The quantitative estimate of drug-likeness (QED) is 0.420. The third-order valence-corrected chi connectivity index (χ3v) is 4.75. The third kappa shape index (κ3) is 7.38. The van der Waals surface area contributed by atoms with Gasteiger partial charge in [-0.2, -0.15) is 0 Å². The number of carbonyl (C=O) groups excluding carboxylic acids is 2. The molecule has 9 heteroatoms. The second-order valence-corrected chi connectivity index (χ2v) is 6.86. The van der Waals surface area contributed by atoms with Crippen LogP contribution in [0.25, 0.3) is 0 Å². The van der Waals surface area contributed by atoms with Gasteiger partial charge in [0.1, 0.15) is 5.75 Å². The van der Waals surface area contributed by atoms with E-state index in [0.29, 0.717) is 23.5 Å². The van der Waals surface area contributed by atoms with E-state index in [0.717, 1.165) is 19.6 Å². The summed E-state index contributed by atoms with van der Waals surface area (Å²) >= 11 is 0. The number of rotatable bonds is 11. The summed E-state index contributed by atoms with van der Waals surface area (Å²) in [6.07, 6.45) is -0.815. The van der Waals surface area contributed by atoms with Gasteiger partial charge in [0.2, 0.25) is 0 Å². The molecule has 0 aliphatic carbocycles. The number of anilines is 1. The van der Waals surface area contributed by atoms with Crippen LogP contribution in [0.1, 0.15) is 31.1 Å². The van der Waals surface area contributed by atoms with Crippen LogP contribution < -0.4 is 15.4 Å². The number of hydrogen-bond donors (Lipinski definition) is 2. The maximum Gasteiger partial charge on any atom is 0.269 e. The van der Waals surface area contributed by atoms with Gasteiger partial charge in [0, 0.05) is 36.5 Å². The molecule has 0 aliphatic rings. The summed E-state index contributed by atoms with van der Waals surface area (Å²) < 4.78 is 5.52. The molecular weight excluding hydrogens is 400 g/mol. The Morgan fingerprint density at radius 1 is 1.06 bits per heavy atom. The fraction of sp³-hybridized carbons (Fsp3) is 0.364. The van der Waals surface area contributed by atoms with E-state index in [1.54, 1.807) is 31.2 Å². The minimum Gasteiger partial charge on any atom is -0.481 e. The average Bonchev–Trinajstić information content (AvgIpc) is 2.77. The van der Waals surface area contributed by atoms with Crippen LogP contribution >= 0.6 is 0 Å². The zero-order valence-electron chi connectivity index (χ0n) is 18.0. The fourth-order valence-electron chi connectivity index (χ4n) is 2.82. The SMILES string of the molecule is CCN(CC)CCNC(=O)c1ccc(NC(=O)C(C)Oc2ccc([N+](=O)[O-])cc2)cc1. The summed E-state index contributed by atoms with van der Waals surface area (Å²) in [6.45, 7) is 8.97. The number of benzene rings is 2. The van der Waals surface area contributed by atoms with Gasteiger partial charge in [-0.25, -0.2) is 0 Å². The molecular formula is C22H28N4O5. The smallest absolute Gasteiger partial charge is 0.269 e. The van der Waals surface area contributed by atoms with Crippen molar-refractivity contribution in [3.8, 4) is 5.75 Å². The van der Waals surface area contributed by atoms with Crippen LogP contribution in [0.4, 0.5) is 11.4 Å². The van der Waals surface area contributed by atoms with Gasteiger partial charge < -0.3 is 20.3 Å². The Morgan fingerprint density at radius 2 is 1.68 bits per heavy atom. The molecule has 0 saturated heterocycles. The normalized spacial score (nSPS) is 11.6. The maximum atomic E-state index is 12.3. The number of hydrogen-bond acceptors (Lipinski definition) is 6. The summed E-state index contributed by atoms with van der Waals surface area (Å²) in [6, 6.07) is 12.1. The first-order valence-electron chi connectivity index (χ1n) is 10.2. The van der Waals surface area contributed by atoms with E-state index in [4.69, 9.17) is 4.74 Å². The molecule has 0 aliphatic heterocycles. The molecule has 0 saturated carbocycles. The Balaban J connectivity index is 1.84. The number of non-ortho nitro benzene ring substituents is 1. The lowest BCUT2D eigenvalue weighted by molar-refractivity contribution is -0.384. The number of amides is 2. The maximum absolute atomic E-state index is 12.3. The van der Waals surface area contributed by atoms with Crippen molar-refractivity contribution in [2.45, 2.75) is 26.9 Å². The Bertz CT molecular complexity index is 880. The van der Waals surface area contributed by atoms with E-state index in [1.165, 1.54) is 24.3 Å². The molecule has 0 aromatic heterocycles. The zero-order valence-corrected chi connectivity index (χ0v) is 18.0. The van der Waals surface area contributed by atoms with Crippen molar-refractivity contribution in [1.29, 1.82) is 0 Å². The molecule has 2 rings (SSSR count). The lowest BCUT2D eigenvalue weighted by Crippen LogP contribution is -2.34. The summed E-state index contributed by atoms with van der Waals surface area (Å²) in [5.41, 5.74) is 0.984. The molecule has 2 amide bonds. The second kappa shape index (κ2) is 11.7.